The minimum absolute atomic E-state index is 0. The Morgan fingerprint density at radius 2 is 1.76 bits per heavy atom. The van der Waals surface area contributed by atoms with Gasteiger partial charge in [0.2, 0.25) is 11.7 Å². The molecule has 29 heavy (non-hydrogen) atoms. The fourth-order valence-corrected chi connectivity index (χ4v) is 2.64. The van der Waals surface area contributed by atoms with Gasteiger partial charge in [-0.25, -0.2) is 0 Å². The molecule has 3 aromatic rings. The number of rotatable bonds is 6. The van der Waals surface area contributed by atoms with Crippen LogP contribution in [0.5, 0.6) is 0 Å². The molecule has 0 aliphatic heterocycles. The van der Waals surface area contributed by atoms with Crippen molar-refractivity contribution in [3.8, 4) is 11.4 Å². The van der Waals surface area contributed by atoms with Gasteiger partial charge in [0.1, 0.15) is 0 Å². The molecule has 0 aliphatic carbocycles. The predicted octanol–water partition coefficient (Wildman–Crippen LogP) is 3.32. The van der Waals surface area contributed by atoms with Gasteiger partial charge in [-0.1, -0.05) is 63.2 Å². The van der Waals surface area contributed by atoms with Gasteiger partial charge in [-0.15, -0.1) is 22.6 Å². The minimum Gasteiger partial charge on any atom is -0.325 e. The first-order valence-electron chi connectivity index (χ1n) is 9.31. The number of carbonyl (C=O) groups is 1. The number of carbonyl (C=O) groups excluding carboxylic acids is 1. The van der Waals surface area contributed by atoms with Gasteiger partial charge in [-0.05, 0) is 34.7 Å². The molecule has 3 N–H and O–H groups in total. The summed E-state index contributed by atoms with van der Waals surface area (Å²) in [5.41, 5.74) is 8.51. The highest BCUT2D eigenvalue weighted by molar-refractivity contribution is 5.95. The van der Waals surface area contributed by atoms with Crippen molar-refractivity contribution in [1.82, 2.24) is 20.2 Å². The molecule has 0 aliphatic rings. The second-order valence-corrected chi connectivity index (χ2v) is 7.85. The monoisotopic (exact) mass is 414 g/mol. The van der Waals surface area contributed by atoms with Gasteiger partial charge < -0.3 is 11.1 Å². The van der Waals surface area contributed by atoms with E-state index in [1.165, 1.54) is 0 Å². The predicted molar refractivity (Wildman–Crippen MR) is 117 cm³/mol. The van der Waals surface area contributed by atoms with Crippen LogP contribution in [0, 0.1) is 5.41 Å². The number of hydrogen-bond donors (Lipinski definition) is 2. The van der Waals surface area contributed by atoms with Gasteiger partial charge in [0.05, 0.1) is 12.6 Å². The quantitative estimate of drug-likeness (QED) is 0.644. The summed E-state index contributed by atoms with van der Waals surface area (Å²) in [7, 11) is 0. The van der Waals surface area contributed by atoms with Gasteiger partial charge in [0.25, 0.3) is 0 Å². The lowest BCUT2D eigenvalue weighted by Crippen LogP contribution is -2.45. The van der Waals surface area contributed by atoms with Crippen LogP contribution in [-0.4, -0.2) is 32.2 Å². The Hall–Kier alpha value is -2.77. The van der Waals surface area contributed by atoms with E-state index in [0.717, 1.165) is 23.2 Å². The lowest BCUT2D eigenvalue weighted by atomic mass is 9.87. The Morgan fingerprint density at radius 3 is 2.38 bits per heavy atom. The van der Waals surface area contributed by atoms with E-state index in [1.54, 1.807) is 4.80 Å². The van der Waals surface area contributed by atoms with Crippen molar-refractivity contribution in [3.63, 3.8) is 0 Å². The van der Waals surface area contributed by atoms with Gasteiger partial charge in [-0.3, -0.25) is 4.79 Å². The zero-order valence-corrected chi connectivity index (χ0v) is 17.7. The molecule has 0 unspecified atom stereocenters. The van der Waals surface area contributed by atoms with Crippen LogP contribution in [0.2, 0.25) is 0 Å². The Bertz CT molecular complexity index is 918. The number of nitrogens with one attached hydrogen (secondary N) is 1. The molecule has 1 atom stereocenters. The second-order valence-electron chi connectivity index (χ2n) is 7.85. The summed E-state index contributed by atoms with van der Waals surface area (Å²) in [6.07, 6.45) is 0.764. The van der Waals surface area contributed by atoms with Crippen LogP contribution in [0.15, 0.2) is 54.6 Å². The lowest BCUT2D eigenvalue weighted by molar-refractivity contribution is -0.119. The Morgan fingerprint density at radius 1 is 1.10 bits per heavy atom. The molecule has 7 nitrogen and oxygen atoms in total. The third-order valence-corrected chi connectivity index (χ3v) is 4.52. The lowest BCUT2D eigenvalue weighted by Gasteiger charge is -2.25. The highest BCUT2D eigenvalue weighted by Crippen LogP contribution is 2.19. The van der Waals surface area contributed by atoms with Crippen LogP contribution >= 0.6 is 12.4 Å². The zero-order valence-electron chi connectivity index (χ0n) is 16.9. The SMILES string of the molecule is CC(C)(C)[C@H](N)C(=O)Nc1ccc(CCn2nnc(-c3ccccc3)n2)cc1.Cl. The average molecular weight is 415 g/mol. The van der Waals surface area contributed by atoms with Crippen molar-refractivity contribution >= 4 is 24.0 Å². The van der Waals surface area contributed by atoms with Crippen molar-refractivity contribution in [2.75, 3.05) is 5.32 Å². The number of tetrazole rings is 1. The summed E-state index contributed by atoms with van der Waals surface area (Å²) in [6, 6.07) is 16.9. The van der Waals surface area contributed by atoms with Gasteiger partial charge in [-0.2, -0.15) is 4.80 Å². The second kappa shape index (κ2) is 9.62. The summed E-state index contributed by atoms with van der Waals surface area (Å²) in [5, 5.41) is 15.5. The number of anilines is 1. The first-order valence-corrected chi connectivity index (χ1v) is 9.31. The van der Waals surface area contributed by atoms with Crippen LogP contribution in [0.1, 0.15) is 26.3 Å². The van der Waals surface area contributed by atoms with Crippen molar-refractivity contribution in [1.29, 1.82) is 0 Å². The number of benzene rings is 2. The summed E-state index contributed by atoms with van der Waals surface area (Å²) < 4.78 is 0. The molecule has 1 heterocycles. The fraction of sp³-hybridized carbons (Fsp3) is 0.333. The minimum atomic E-state index is -0.565. The molecule has 0 fully saturated rings. The van der Waals surface area contributed by atoms with E-state index in [1.807, 2.05) is 75.4 Å². The molecule has 2 aromatic carbocycles. The maximum atomic E-state index is 12.2. The van der Waals surface area contributed by atoms with E-state index in [4.69, 9.17) is 5.73 Å². The van der Waals surface area contributed by atoms with E-state index >= 15 is 0 Å². The number of aromatic nitrogens is 4. The van der Waals surface area contributed by atoms with E-state index in [0.29, 0.717) is 12.4 Å². The van der Waals surface area contributed by atoms with Gasteiger partial charge >= 0.3 is 0 Å². The van der Waals surface area contributed by atoms with E-state index < -0.39 is 6.04 Å². The van der Waals surface area contributed by atoms with E-state index in [2.05, 4.69) is 20.7 Å². The average Bonchev–Trinajstić information content (AvgIpc) is 3.16. The molecule has 1 amide bonds. The Balaban J connectivity index is 0.00000300. The maximum Gasteiger partial charge on any atom is 0.241 e. The van der Waals surface area contributed by atoms with Crippen LogP contribution < -0.4 is 11.1 Å². The van der Waals surface area contributed by atoms with Crippen molar-refractivity contribution in [2.24, 2.45) is 11.1 Å². The largest absolute Gasteiger partial charge is 0.325 e. The summed E-state index contributed by atoms with van der Waals surface area (Å²) >= 11 is 0. The molecule has 0 radical (unpaired) electrons. The van der Waals surface area contributed by atoms with Crippen molar-refractivity contribution in [3.05, 3.63) is 60.2 Å². The van der Waals surface area contributed by atoms with Crippen LogP contribution in [0.25, 0.3) is 11.4 Å². The highest BCUT2D eigenvalue weighted by Gasteiger charge is 2.27. The van der Waals surface area contributed by atoms with Crippen molar-refractivity contribution < 1.29 is 4.79 Å². The molecule has 154 valence electrons. The van der Waals surface area contributed by atoms with Crippen LogP contribution in [-0.2, 0) is 17.8 Å². The molecule has 8 heteroatoms. The van der Waals surface area contributed by atoms with Crippen molar-refractivity contribution in [2.45, 2.75) is 39.8 Å². The molecule has 0 saturated carbocycles. The molecule has 0 spiro atoms. The summed E-state index contributed by atoms with van der Waals surface area (Å²) in [6.45, 7) is 6.46. The number of hydrogen-bond acceptors (Lipinski definition) is 5. The van der Waals surface area contributed by atoms with E-state index in [9.17, 15) is 4.79 Å². The molecule has 3 rings (SSSR count). The number of aryl methyl sites for hydroxylation is 2. The summed E-state index contributed by atoms with van der Waals surface area (Å²) in [4.78, 5) is 13.8. The Labute approximate surface area is 177 Å². The number of halogens is 1. The third kappa shape index (κ3) is 6.10. The molecule has 0 saturated heterocycles. The first kappa shape index (κ1) is 22.5. The molecule has 1 aromatic heterocycles. The van der Waals surface area contributed by atoms with Crippen LogP contribution in [0.4, 0.5) is 5.69 Å². The number of nitrogens with zero attached hydrogens (tertiary/aromatic N) is 4. The molecular formula is C21H27ClN6O. The first-order chi connectivity index (χ1) is 13.3. The smallest absolute Gasteiger partial charge is 0.241 e. The topological polar surface area (TPSA) is 98.7 Å². The zero-order chi connectivity index (χ0) is 20.1. The third-order valence-electron chi connectivity index (χ3n) is 4.52. The van der Waals surface area contributed by atoms with Crippen LogP contribution in [0.3, 0.4) is 0 Å². The molecular weight excluding hydrogens is 388 g/mol. The van der Waals surface area contributed by atoms with Gasteiger partial charge in [0, 0.05) is 11.3 Å². The highest BCUT2D eigenvalue weighted by atomic mass is 35.5. The Kier molecular flexibility index (Phi) is 7.47. The van der Waals surface area contributed by atoms with Gasteiger partial charge in [0.15, 0.2) is 0 Å². The standard InChI is InChI=1S/C21H26N6O.ClH/c1-21(2,3)18(22)20(28)23-17-11-9-15(10-12-17)13-14-27-25-19(24-26-27)16-7-5-4-6-8-16;/h4-12,18H,13-14,22H2,1-3H3,(H,23,28);1H/t18-;/m1./s1. The maximum absolute atomic E-state index is 12.2. The fourth-order valence-electron chi connectivity index (χ4n) is 2.64. The number of nitrogens with two attached hydrogens (primary N) is 1. The normalized spacial score (nSPS) is 12.1. The summed E-state index contributed by atoms with van der Waals surface area (Å²) in [5.74, 6) is 0.439. The molecule has 0 bridgehead atoms. The van der Waals surface area contributed by atoms with E-state index in [-0.39, 0.29) is 23.7 Å². The number of amides is 1.